The molecular weight excluding hydrogens is 198 g/mol. The average molecular weight is 225 g/mol. The molecule has 2 fully saturated rings. The Labute approximate surface area is 100 Å². The van der Waals surface area contributed by atoms with Crippen molar-refractivity contribution in [1.29, 1.82) is 0 Å². The molecular formula is C14H27NO. The van der Waals surface area contributed by atoms with Gasteiger partial charge >= 0.3 is 0 Å². The number of ether oxygens (including phenoxy) is 1. The van der Waals surface area contributed by atoms with Crippen molar-refractivity contribution in [2.45, 2.75) is 39.5 Å². The van der Waals surface area contributed by atoms with Crippen LogP contribution in [0.25, 0.3) is 0 Å². The van der Waals surface area contributed by atoms with Gasteiger partial charge in [0, 0.05) is 20.3 Å². The summed E-state index contributed by atoms with van der Waals surface area (Å²) >= 11 is 0. The van der Waals surface area contributed by atoms with Gasteiger partial charge in [0.1, 0.15) is 0 Å². The Morgan fingerprint density at radius 1 is 1.31 bits per heavy atom. The molecule has 0 spiro atoms. The van der Waals surface area contributed by atoms with Gasteiger partial charge in [-0.25, -0.2) is 0 Å². The fourth-order valence-electron chi connectivity index (χ4n) is 3.39. The van der Waals surface area contributed by atoms with Crippen LogP contribution in [0.2, 0.25) is 0 Å². The van der Waals surface area contributed by atoms with Crippen molar-refractivity contribution >= 4 is 0 Å². The van der Waals surface area contributed by atoms with Gasteiger partial charge in [-0.3, -0.25) is 0 Å². The summed E-state index contributed by atoms with van der Waals surface area (Å²) in [6, 6.07) is 0. The first-order chi connectivity index (χ1) is 7.65. The third-order valence-corrected chi connectivity index (χ3v) is 4.35. The maximum atomic E-state index is 5.28. The molecule has 2 nitrogen and oxygen atoms in total. The van der Waals surface area contributed by atoms with Crippen LogP contribution in [0.4, 0.5) is 0 Å². The lowest BCUT2D eigenvalue weighted by Crippen LogP contribution is -2.36. The van der Waals surface area contributed by atoms with Crippen molar-refractivity contribution < 1.29 is 4.74 Å². The zero-order valence-corrected chi connectivity index (χ0v) is 11.1. The summed E-state index contributed by atoms with van der Waals surface area (Å²) in [5.41, 5.74) is 0.568. The summed E-state index contributed by atoms with van der Waals surface area (Å²) < 4.78 is 5.28. The molecule has 16 heavy (non-hydrogen) atoms. The normalized spacial score (nSPS) is 36.8. The van der Waals surface area contributed by atoms with E-state index >= 15 is 0 Å². The number of hydrogen-bond donors (Lipinski definition) is 1. The van der Waals surface area contributed by atoms with Gasteiger partial charge in [-0.2, -0.15) is 0 Å². The SMILES string of the molecule is COCCC1(CNCC(C)C)CC2CC2C1. The summed E-state index contributed by atoms with van der Waals surface area (Å²) in [6.07, 6.45) is 5.67. The van der Waals surface area contributed by atoms with E-state index in [-0.39, 0.29) is 0 Å². The standard InChI is InChI=1S/C14H27NO/c1-11(2)9-15-10-14(4-5-16-3)7-12-6-13(12)8-14/h11-13,15H,4-10H2,1-3H3. The zero-order valence-electron chi connectivity index (χ0n) is 11.1. The predicted molar refractivity (Wildman–Crippen MR) is 67.5 cm³/mol. The van der Waals surface area contributed by atoms with E-state index in [0.29, 0.717) is 5.41 Å². The second-order valence-corrected chi connectivity index (χ2v) is 6.43. The molecule has 0 bridgehead atoms. The summed E-state index contributed by atoms with van der Waals surface area (Å²) in [5, 5.41) is 3.66. The molecule has 94 valence electrons. The van der Waals surface area contributed by atoms with E-state index in [2.05, 4.69) is 19.2 Å². The van der Waals surface area contributed by atoms with Crippen LogP contribution in [0.1, 0.15) is 39.5 Å². The van der Waals surface area contributed by atoms with E-state index in [9.17, 15) is 0 Å². The lowest BCUT2D eigenvalue weighted by Gasteiger charge is -2.31. The van der Waals surface area contributed by atoms with E-state index in [1.54, 1.807) is 0 Å². The van der Waals surface area contributed by atoms with Crippen LogP contribution in [-0.4, -0.2) is 26.8 Å². The van der Waals surface area contributed by atoms with Crippen LogP contribution in [0.3, 0.4) is 0 Å². The molecule has 1 N–H and O–H groups in total. The number of methoxy groups -OCH3 is 1. The molecule has 2 aliphatic rings. The van der Waals surface area contributed by atoms with Gasteiger partial charge in [0.2, 0.25) is 0 Å². The van der Waals surface area contributed by atoms with Crippen molar-refractivity contribution in [3.8, 4) is 0 Å². The Hall–Kier alpha value is -0.0800. The minimum atomic E-state index is 0.568. The van der Waals surface area contributed by atoms with E-state index in [0.717, 1.165) is 30.9 Å². The van der Waals surface area contributed by atoms with Crippen LogP contribution < -0.4 is 5.32 Å². The van der Waals surface area contributed by atoms with E-state index < -0.39 is 0 Å². The quantitative estimate of drug-likeness (QED) is 0.719. The third kappa shape index (κ3) is 2.98. The first-order valence-electron chi connectivity index (χ1n) is 6.85. The molecule has 2 atom stereocenters. The van der Waals surface area contributed by atoms with Crippen molar-refractivity contribution in [1.82, 2.24) is 5.32 Å². The molecule has 0 aliphatic heterocycles. The summed E-state index contributed by atoms with van der Waals surface area (Å²) in [4.78, 5) is 0. The Kier molecular flexibility index (Phi) is 3.91. The highest BCUT2D eigenvalue weighted by atomic mass is 16.5. The van der Waals surface area contributed by atoms with Gasteiger partial charge in [0.25, 0.3) is 0 Å². The number of nitrogens with one attached hydrogen (secondary N) is 1. The molecule has 0 amide bonds. The van der Waals surface area contributed by atoms with Crippen molar-refractivity contribution in [3.63, 3.8) is 0 Å². The first kappa shape index (κ1) is 12.4. The molecule has 0 saturated heterocycles. The predicted octanol–water partition coefficient (Wildman–Crippen LogP) is 2.68. The van der Waals surface area contributed by atoms with Crippen molar-refractivity contribution in [2.75, 3.05) is 26.8 Å². The molecule has 2 aliphatic carbocycles. The third-order valence-electron chi connectivity index (χ3n) is 4.35. The van der Waals surface area contributed by atoms with Crippen molar-refractivity contribution in [2.24, 2.45) is 23.2 Å². The summed E-state index contributed by atoms with van der Waals surface area (Å²) in [6.45, 7) is 7.86. The van der Waals surface area contributed by atoms with Crippen molar-refractivity contribution in [3.05, 3.63) is 0 Å². The second kappa shape index (κ2) is 5.05. The van der Waals surface area contributed by atoms with Gasteiger partial charge in [-0.15, -0.1) is 0 Å². The maximum Gasteiger partial charge on any atom is 0.0468 e. The van der Waals surface area contributed by atoms with E-state index in [1.165, 1.54) is 32.2 Å². The smallest absolute Gasteiger partial charge is 0.0468 e. The Balaban J connectivity index is 1.78. The molecule has 0 aromatic rings. The van der Waals surface area contributed by atoms with Gasteiger partial charge in [0.05, 0.1) is 0 Å². The summed E-state index contributed by atoms with van der Waals surface area (Å²) in [7, 11) is 1.82. The van der Waals surface area contributed by atoms with Crippen LogP contribution in [0.5, 0.6) is 0 Å². The zero-order chi connectivity index (χ0) is 11.6. The maximum absolute atomic E-state index is 5.28. The minimum Gasteiger partial charge on any atom is -0.385 e. The topological polar surface area (TPSA) is 21.3 Å². The van der Waals surface area contributed by atoms with E-state index in [4.69, 9.17) is 4.74 Å². The van der Waals surface area contributed by atoms with Crippen LogP contribution in [0, 0.1) is 23.2 Å². The number of rotatable bonds is 7. The Morgan fingerprint density at radius 2 is 2.00 bits per heavy atom. The monoisotopic (exact) mass is 225 g/mol. The number of hydrogen-bond acceptors (Lipinski definition) is 2. The van der Waals surface area contributed by atoms with Crippen LogP contribution in [-0.2, 0) is 4.74 Å². The highest BCUT2D eigenvalue weighted by Gasteiger charge is 2.52. The number of fused-ring (bicyclic) bond motifs is 1. The van der Waals surface area contributed by atoms with Gasteiger partial charge in [0.15, 0.2) is 0 Å². The molecule has 0 radical (unpaired) electrons. The fraction of sp³-hybridized carbons (Fsp3) is 1.00. The Morgan fingerprint density at radius 3 is 2.56 bits per heavy atom. The highest BCUT2D eigenvalue weighted by molar-refractivity contribution is 5.04. The Bertz CT molecular complexity index is 217. The van der Waals surface area contributed by atoms with Crippen LogP contribution in [0.15, 0.2) is 0 Å². The lowest BCUT2D eigenvalue weighted by atomic mass is 9.80. The lowest BCUT2D eigenvalue weighted by molar-refractivity contribution is 0.126. The average Bonchev–Trinajstić information content (AvgIpc) is 2.84. The van der Waals surface area contributed by atoms with E-state index in [1.807, 2.05) is 7.11 Å². The largest absolute Gasteiger partial charge is 0.385 e. The molecule has 2 unspecified atom stereocenters. The summed E-state index contributed by atoms with van der Waals surface area (Å²) in [5.74, 6) is 2.89. The van der Waals surface area contributed by atoms with Gasteiger partial charge < -0.3 is 10.1 Å². The van der Waals surface area contributed by atoms with Gasteiger partial charge in [-0.05, 0) is 55.4 Å². The molecule has 2 heteroatoms. The molecule has 0 heterocycles. The minimum absolute atomic E-state index is 0.568. The molecule has 0 aromatic heterocycles. The highest BCUT2D eigenvalue weighted by Crippen LogP contribution is 2.60. The second-order valence-electron chi connectivity index (χ2n) is 6.43. The molecule has 2 saturated carbocycles. The first-order valence-corrected chi connectivity index (χ1v) is 6.85. The molecule has 0 aromatic carbocycles. The molecule has 2 rings (SSSR count). The fourth-order valence-corrected chi connectivity index (χ4v) is 3.39. The van der Waals surface area contributed by atoms with Crippen LogP contribution >= 0.6 is 0 Å². The van der Waals surface area contributed by atoms with Gasteiger partial charge in [-0.1, -0.05) is 13.8 Å².